The zero-order valence-electron chi connectivity index (χ0n) is 12.0. The van der Waals surface area contributed by atoms with Gasteiger partial charge in [-0.05, 0) is 37.1 Å². The Hall–Kier alpha value is -1.09. The molecule has 18 heavy (non-hydrogen) atoms. The van der Waals surface area contributed by atoms with Crippen molar-refractivity contribution in [1.29, 1.82) is 0 Å². The molecule has 0 unspecified atom stereocenters. The van der Waals surface area contributed by atoms with E-state index < -0.39 is 0 Å². The van der Waals surface area contributed by atoms with E-state index in [0.717, 1.165) is 31.5 Å². The molecule has 0 saturated carbocycles. The highest BCUT2D eigenvalue weighted by Gasteiger charge is 2.14. The lowest BCUT2D eigenvalue weighted by Crippen LogP contribution is -2.31. The number of nitrogens with one attached hydrogen (secondary N) is 1. The lowest BCUT2D eigenvalue weighted by Gasteiger charge is -2.28. The van der Waals surface area contributed by atoms with Gasteiger partial charge in [0.1, 0.15) is 5.82 Å². The third-order valence-electron chi connectivity index (χ3n) is 3.46. The Labute approximate surface area is 110 Å². The summed E-state index contributed by atoms with van der Waals surface area (Å²) in [4.78, 5) is 2.05. The topological polar surface area (TPSA) is 15.3 Å². The second kappa shape index (κ2) is 7.37. The zero-order valence-corrected chi connectivity index (χ0v) is 12.0. The number of hydrogen-bond acceptors (Lipinski definition) is 2. The highest BCUT2D eigenvalue weighted by atomic mass is 19.1. The van der Waals surface area contributed by atoms with E-state index in [9.17, 15) is 4.39 Å². The van der Waals surface area contributed by atoms with Gasteiger partial charge in [-0.1, -0.05) is 26.8 Å². The van der Waals surface area contributed by atoms with Crippen LogP contribution >= 0.6 is 0 Å². The smallest absolute Gasteiger partial charge is 0.146 e. The largest absolute Gasteiger partial charge is 0.369 e. The molecule has 0 spiro atoms. The minimum atomic E-state index is -0.125. The van der Waals surface area contributed by atoms with Crippen LogP contribution < -0.4 is 10.2 Å². The third-order valence-corrected chi connectivity index (χ3v) is 3.46. The fourth-order valence-corrected chi connectivity index (χ4v) is 2.25. The zero-order chi connectivity index (χ0) is 13.5. The first-order valence-corrected chi connectivity index (χ1v) is 6.85. The van der Waals surface area contributed by atoms with E-state index in [4.69, 9.17) is 0 Å². The minimum absolute atomic E-state index is 0.125. The van der Waals surface area contributed by atoms with Crippen molar-refractivity contribution >= 4 is 5.69 Å². The summed E-state index contributed by atoms with van der Waals surface area (Å²) in [6.45, 7) is 7.95. The normalized spacial score (nSPS) is 11.0. The molecule has 1 rings (SSSR count). The number of anilines is 1. The lowest BCUT2D eigenvalue weighted by molar-refractivity contribution is 0.564. The molecule has 102 valence electrons. The van der Waals surface area contributed by atoms with Crippen LogP contribution in [0.4, 0.5) is 10.1 Å². The molecular formula is C15H25FN2. The average molecular weight is 252 g/mol. The second-order valence-corrected chi connectivity index (χ2v) is 4.65. The Morgan fingerprint density at radius 3 is 2.39 bits per heavy atom. The van der Waals surface area contributed by atoms with E-state index in [2.05, 4.69) is 19.2 Å². The fraction of sp³-hybridized carbons (Fsp3) is 0.600. The monoisotopic (exact) mass is 252 g/mol. The van der Waals surface area contributed by atoms with Crippen molar-refractivity contribution in [2.24, 2.45) is 0 Å². The molecule has 0 atom stereocenters. The van der Waals surface area contributed by atoms with E-state index in [1.54, 1.807) is 6.07 Å². The van der Waals surface area contributed by atoms with Gasteiger partial charge in [0, 0.05) is 19.6 Å². The van der Waals surface area contributed by atoms with Gasteiger partial charge < -0.3 is 10.2 Å². The molecule has 1 aromatic rings. The fourth-order valence-electron chi connectivity index (χ4n) is 2.25. The summed E-state index contributed by atoms with van der Waals surface area (Å²) in [7, 11) is 1.97. The van der Waals surface area contributed by atoms with Gasteiger partial charge in [-0.3, -0.25) is 0 Å². The molecule has 0 saturated heterocycles. The van der Waals surface area contributed by atoms with Gasteiger partial charge in [0.05, 0.1) is 5.69 Å². The van der Waals surface area contributed by atoms with Crippen LogP contribution in [0.1, 0.15) is 39.2 Å². The Bertz CT molecular complexity index is 362. The quantitative estimate of drug-likeness (QED) is 0.798. The van der Waals surface area contributed by atoms with Crippen molar-refractivity contribution in [2.75, 3.05) is 18.5 Å². The highest BCUT2D eigenvalue weighted by molar-refractivity contribution is 5.49. The van der Waals surface area contributed by atoms with Gasteiger partial charge in [-0.25, -0.2) is 4.39 Å². The standard InChI is InChI=1S/C15H25FN2/c1-5-13(6-2)18(4)15-9-8-12(10-14(15)16)11-17-7-3/h8-10,13,17H,5-7,11H2,1-4H3. The van der Waals surface area contributed by atoms with Crippen LogP contribution in [0, 0.1) is 5.82 Å². The first-order chi connectivity index (χ1) is 8.63. The summed E-state index contributed by atoms with van der Waals surface area (Å²) in [6.07, 6.45) is 2.07. The minimum Gasteiger partial charge on any atom is -0.369 e. The van der Waals surface area contributed by atoms with Gasteiger partial charge in [0.15, 0.2) is 0 Å². The van der Waals surface area contributed by atoms with Crippen molar-refractivity contribution in [3.63, 3.8) is 0 Å². The molecule has 0 bridgehead atoms. The van der Waals surface area contributed by atoms with Crippen LogP contribution in [0.15, 0.2) is 18.2 Å². The van der Waals surface area contributed by atoms with Gasteiger partial charge in [-0.2, -0.15) is 0 Å². The first-order valence-electron chi connectivity index (χ1n) is 6.85. The predicted molar refractivity (Wildman–Crippen MR) is 76.6 cm³/mol. The summed E-state index contributed by atoms with van der Waals surface area (Å²) in [5.41, 5.74) is 1.69. The van der Waals surface area contributed by atoms with E-state index >= 15 is 0 Å². The maximum Gasteiger partial charge on any atom is 0.146 e. The van der Waals surface area contributed by atoms with E-state index in [0.29, 0.717) is 11.7 Å². The van der Waals surface area contributed by atoms with Crippen molar-refractivity contribution < 1.29 is 4.39 Å². The highest BCUT2D eigenvalue weighted by Crippen LogP contribution is 2.23. The molecule has 1 N–H and O–H groups in total. The molecule has 2 nitrogen and oxygen atoms in total. The molecule has 0 fully saturated rings. The molecule has 1 aromatic carbocycles. The van der Waals surface area contributed by atoms with Crippen molar-refractivity contribution in [2.45, 2.75) is 46.2 Å². The van der Waals surface area contributed by atoms with E-state index in [1.165, 1.54) is 0 Å². The molecule has 0 amide bonds. The van der Waals surface area contributed by atoms with Crippen LogP contribution in [-0.4, -0.2) is 19.6 Å². The summed E-state index contributed by atoms with van der Waals surface area (Å²) >= 11 is 0. The molecule has 3 heteroatoms. The van der Waals surface area contributed by atoms with Crippen LogP contribution in [0.2, 0.25) is 0 Å². The van der Waals surface area contributed by atoms with Crippen LogP contribution in [0.5, 0.6) is 0 Å². The van der Waals surface area contributed by atoms with Crippen molar-refractivity contribution in [3.05, 3.63) is 29.6 Å². The SMILES string of the molecule is CCNCc1ccc(N(C)C(CC)CC)c(F)c1. The Morgan fingerprint density at radius 1 is 1.22 bits per heavy atom. The maximum absolute atomic E-state index is 14.1. The molecule has 0 aromatic heterocycles. The summed E-state index contributed by atoms with van der Waals surface area (Å²) in [6, 6.07) is 5.93. The number of nitrogens with zero attached hydrogens (tertiary/aromatic N) is 1. The van der Waals surface area contributed by atoms with Crippen LogP contribution in [0.25, 0.3) is 0 Å². The lowest BCUT2D eigenvalue weighted by atomic mass is 10.1. The third kappa shape index (κ3) is 3.70. The van der Waals surface area contributed by atoms with Gasteiger partial charge in [0.25, 0.3) is 0 Å². The number of halogens is 1. The molecule has 0 aliphatic heterocycles. The van der Waals surface area contributed by atoms with Crippen molar-refractivity contribution in [1.82, 2.24) is 5.32 Å². The van der Waals surface area contributed by atoms with Gasteiger partial charge >= 0.3 is 0 Å². The molecule has 0 aliphatic rings. The molecule has 0 heterocycles. The van der Waals surface area contributed by atoms with Crippen molar-refractivity contribution in [3.8, 4) is 0 Å². The Morgan fingerprint density at radius 2 is 1.89 bits per heavy atom. The van der Waals surface area contributed by atoms with Gasteiger partial charge in [-0.15, -0.1) is 0 Å². The summed E-state index contributed by atoms with van der Waals surface area (Å²) in [5.74, 6) is -0.125. The predicted octanol–water partition coefficient (Wildman–Crippen LogP) is 3.56. The number of rotatable bonds is 7. The van der Waals surface area contributed by atoms with E-state index in [1.807, 2.05) is 31.0 Å². The maximum atomic E-state index is 14.1. The van der Waals surface area contributed by atoms with E-state index in [-0.39, 0.29) is 5.82 Å². The number of benzene rings is 1. The van der Waals surface area contributed by atoms with Crippen LogP contribution in [-0.2, 0) is 6.54 Å². The summed E-state index contributed by atoms with van der Waals surface area (Å²) < 4.78 is 14.1. The second-order valence-electron chi connectivity index (χ2n) is 4.65. The summed E-state index contributed by atoms with van der Waals surface area (Å²) in [5, 5.41) is 3.21. The molecule has 0 aliphatic carbocycles. The average Bonchev–Trinajstić information content (AvgIpc) is 2.37. The Balaban J connectivity index is 2.84. The number of hydrogen-bond donors (Lipinski definition) is 1. The first kappa shape index (κ1) is 15.0. The molecule has 0 radical (unpaired) electrons. The molecular weight excluding hydrogens is 227 g/mol. The van der Waals surface area contributed by atoms with Crippen LogP contribution in [0.3, 0.4) is 0 Å². The van der Waals surface area contributed by atoms with Gasteiger partial charge in [0.2, 0.25) is 0 Å². The Kier molecular flexibility index (Phi) is 6.13.